The van der Waals surface area contributed by atoms with Crippen LogP contribution in [0.4, 0.5) is 0 Å². The molecule has 2 aromatic rings. The molecule has 0 aliphatic rings. The molecule has 0 saturated carbocycles. The molecule has 110 valence electrons. The van der Waals surface area contributed by atoms with Gasteiger partial charge in [0.2, 0.25) is 10.0 Å². The summed E-state index contributed by atoms with van der Waals surface area (Å²) >= 11 is 0. The molecule has 2 aromatic heterocycles. The molecule has 0 fully saturated rings. The minimum absolute atomic E-state index is 0.131. The molecule has 3 N–H and O–H groups in total. The lowest BCUT2D eigenvalue weighted by atomic mass is 10.4. The maximum atomic E-state index is 12.2. The molecule has 2 rings (SSSR count). The van der Waals surface area contributed by atoms with E-state index in [9.17, 15) is 8.42 Å². The minimum Gasteiger partial charge on any atom is -0.468 e. The second-order valence-corrected chi connectivity index (χ2v) is 6.24. The van der Waals surface area contributed by atoms with Crippen LogP contribution in [0.1, 0.15) is 24.8 Å². The van der Waals surface area contributed by atoms with Gasteiger partial charge in [0.25, 0.3) is 0 Å². The van der Waals surface area contributed by atoms with E-state index >= 15 is 0 Å². The van der Waals surface area contributed by atoms with E-state index in [4.69, 9.17) is 10.2 Å². The Morgan fingerprint density at radius 1 is 1.45 bits per heavy atom. The molecule has 0 aromatic carbocycles. The summed E-state index contributed by atoms with van der Waals surface area (Å²) in [6, 6.07) is 5.05. The maximum Gasteiger partial charge on any atom is 0.242 e. The van der Waals surface area contributed by atoms with Crippen LogP contribution in [0.2, 0.25) is 0 Å². The first-order chi connectivity index (χ1) is 9.56. The number of nitrogens with one attached hydrogen (secondary N) is 1. The summed E-state index contributed by atoms with van der Waals surface area (Å²) in [6.45, 7) is 3.23. The number of nitrogens with two attached hydrogens (primary N) is 1. The number of nitrogens with zero attached hydrogens (tertiary/aromatic N) is 1. The number of aromatic nitrogens is 1. The first-order valence-corrected chi connectivity index (χ1v) is 7.96. The van der Waals surface area contributed by atoms with Crippen molar-refractivity contribution in [2.24, 2.45) is 5.73 Å². The second-order valence-electron chi connectivity index (χ2n) is 4.47. The molecule has 0 saturated heterocycles. The maximum absolute atomic E-state index is 12.2. The van der Waals surface area contributed by atoms with E-state index in [2.05, 4.69) is 4.72 Å². The van der Waals surface area contributed by atoms with Crippen LogP contribution >= 0.6 is 0 Å². The highest BCUT2D eigenvalue weighted by molar-refractivity contribution is 7.89. The zero-order chi connectivity index (χ0) is 14.6. The fourth-order valence-corrected chi connectivity index (χ4v) is 3.01. The largest absolute Gasteiger partial charge is 0.468 e. The topological polar surface area (TPSA) is 90.3 Å². The molecule has 0 spiro atoms. The van der Waals surface area contributed by atoms with Gasteiger partial charge in [0.15, 0.2) is 0 Å². The van der Waals surface area contributed by atoms with Crippen LogP contribution in [0.15, 0.2) is 40.0 Å². The van der Waals surface area contributed by atoms with Crippen LogP contribution in [0.3, 0.4) is 0 Å². The number of sulfonamides is 1. The Hall–Kier alpha value is -1.57. The molecule has 20 heavy (non-hydrogen) atoms. The molecule has 0 aliphatic carbocycles. The van der Waals surface area contributed by atoms with Gasteiger partial charge in [-0.05, 0) is 24.6 Å². The summed E-state index contributed by atoms with van der Waals surface area (Å²) in [7, 11) is -3.55. The Balaban J connectivity index is 2.16. The van der Waals surface area contributed by atoms with Crippen molar-refractivity contribution >= 4 is 10.0 Å². The van der Waals surface area contributed by atoms with E-state index in [1.165, 1.54) is 6.26 Å². The van der Waals surface area contributed by atoms with E-state index in [-0.39, 0.29) is 11.4 Å². The number of hydrogen-bond acceptors (Lipinski definition) is 4. The van der Waals surface area contributed by atoms with Crippen molar-refractivity contribution in [1.29, 1.82) is 0 Å². The fraction of sp³-hybridized carbons (Fsp3) is 0.385. The van der Waals surface area contributed by atoms with Crippen molar-refractivity contribution in [2.75, 3.05) is 0 Å². The van der Waals surface area contributed by atoms with E-state index in [1.54, 1.807) is 24.4 Å². The van der Waals surface area contributed by atoms with Crippen molar-refractivity contribution in [1.82, 2.24) is 9.29 Å². The Labute approximate surface area is 118 Å². The van der Waals surface area contributed by atoms with Gasteiger partial charge in [-0.3, -0.25) is 0 Å². The van der Waals surface area contributed by atoms with Crippen LogP contribution in [-0.4, -0.2) is 13.0 Å². The summed E-state index contributed by atoms with van der Waals surface area (Å²) in [6.07, 6.45) is 4.05. The Bertz CT molecular complexity index is 644. The third kappa shape index (κ3) is 3.30. The molecule has 0 atom stereocenters. The van der Waals surface area contributed by atoms with Gasteiger partial charge >= 0.3 is 0 Å². The lowest BCUT2D eigenvalue weighted by Gasteiger charge is -2.04. The number of hydrogen-bond donors (Lipinski definition) is 2. The Morgan fingerprint density at radius 2 is 2.25 bits per heavy atom. The van der Waals surface area contributed by atoms with Gasteiger partial charge in [-0.1, -0.05) is 6.92 Å². The smallest absolute Gasteiger partial charge is 0.242 e. The van der Waals surface area contributed by atoms with E-state index < -0.39 is 10.0 Å². The van der Waals surface area contributed by atoms with Crippen LogP contribution in [0, 0.1) is 0 Å². The van der Waals surface area contributed by atoms with Gasteiger partial charge in [-0.2, -0.15) is 0 Å². The van der Waals surface area contributed by atoms with Crippen LogP contribution in [0.5, 0.6) is 0 Å². The number of aryl methyl sites for hydroxylation is 1. The predicted octanol–water partition coefficient (Wildman–Crippen LogP) is 1.43. The predicted molar refractivity (Wildman–Crippen MR) is 75.3 cm³/mol. The van der Waals surface area contributed by atoms with Crippen molar-refractivity contribution in [3.8, 4) is 0 Å². The zero-order valence-electron chi connectivity index (χ0n) is 11.4. The highest BCUT2D eigenvalue weighted by Gasteiger charge is 2.18. The van der Waals surface area contributed by atoms with Gasteiger partial charge in [-0.25, -0.2) is 13.1 Å². The highest BCUT2D eigenvalue weighted by atomic mass is 32.2. The lowest BCUT2D eigenvalue weighted by Crippen LogP contribution is -2.22. The lowest BCUT2D eigenvalue weighted by molar-refractivity contribution is 0.498. The van der Waals surface area contributed by atoms with E-state index in [0.29, 0.717) is 12.3 Å². The van der Waals surface area contributed by atoms with E-state index in [1.807, 2.05) is 11.5 Å². The van der Waals surface area contributed by atoms with Crippen molar-refractivity contribution in [3.63, 3.8) is 0 Å². The van der Waals surface area contributed by atoms with Crippen molar-refractivity contribution in [3.05, 3.63) is 42.1 Å². The van der Waals surface area contributed by atoms with Crippen molar-refractivity contribution in [2.45, 2.75) is 37.9 Å². The molecule has 2 heterocycles. The third-order valence-corrected chi connectivity index (χ3v) is 4.33. The average molecular weight is 297 g/mol. The quantitative estimate of drug-likeness (QED) is 0.809. The molecular weight excluding hydrogens is 278 g/mol. The molecule has 0 radical (unpaired) electrons. The van der Waals surface area contributed by atoms with Gasteiger partial charge in [-0.15, -0.1) is 0 Å². The van der Waals surface area contributed by atoms with Crippen LogP contribution in [-0.2, 0) is 29.7 Å². The normalized spacial score (nSPS) is 11.9. The molecule has 6 nitrogen and oxygen atoms in total. The molecular formula is C13H19N3O3S. The summed E-state index contributed by atoms with van der Waals surface area (Å²) in [5, 5.41) is 0. The number of furan rings is 1. The highest BCUT2D eigenvalue weighted by Crippen LogP contribution is 2.15. The SMILES string of the molecule is CCCn1cc(S(=O)(=O)NCc2ccco2)cc1CN. The molecule has 0 bridgehead atoms. The standard InChI is InChI=1S/C13H19N3O3S/c1-2-5-16-10-13(7-11(16)8-14)20(17,18)15-9-12-4-3-6-19-12/h3-4,6-7,10,15H,2,5,8-9,14H2,1H3. The van der Waals surface area contributed by atoms with Crippen molar-refractivity contribution < 1.29 is 12.8 Å². The fourth-order valence-electron chi connectivity index (χ4n) is 1.96. The molecule has 0 unspecified atom stereocenters. The van der Waals surface area contributed by atoms with Gasteiger partial charge in [0.05, 0.1) is 17.7 Å². The first-order valence-electron chi connectivity index (χ1n) is 6.48. The Morgan fingerprint density at radius 3 is 2.85 bits per heavy atom. The van der Waals surface area contributed by atoms with Gasteiger partial charge < -0.3 is 14.7 Å². The second kappa shape index (κ2) is 6.25. The average Bonchev–Trinajstić information content (AvgIpc) is 3.06. The summed E-state index contributed by atoms with van der Waals surface area (Å²) in [4.78, 5) is 0.234. The summed E-state index contributed by atoms with van der Waals surface area (Å²) in [5.41, 5.74) is 6.45. The monoisotopic (exact) mass is 297 g/mol. The summed E-state index contributed by atoms with van der Waals surface area (Å²) < 4.78 is 33.9. The third-order valence-electron chi connectivity index (χ3n) is 2.96. The first kappa shape index (κ1) is 14.8. The van der Waals surface area contributed by atoms with Crippen LogP contribution < -0.4 is 10.5 Å². The van der Waals surface area contributed by atoms with E-state index in [0.717, 1.165) is 18.7 Å². The van der Waals surface area contributed by atoms with Crippen LogP contribution in [0.25, 0.3) is 0 Å². The number of rotatable bonds is 7. The molecule has 0 amide bonds. The van der Waals surface area contributed by atoms with Gasteiger partial charge in [0, 0.05) is 25.0 Å². The minimum atomic E-state index is -3.55. The zero-order valence-corrected chi connectivity index (χ0v) is 12.2. The Kier molecular flexibility index (Phi) is 4.64. The summed E-state index contributed by atoms with van der Waals surface area (Å²) in [5.74, 6) is 0.570. The molecule has 7 heteroatoms. The molecule has 0 aliphatic heterocycles. The van der Waals surface area contributed by atoms with Gasteiger partial charge in [0.1, 0.15) is 5.76 Å².